The minimum absolute atomic E-state index is 0.0833. The average molecular weight is 649 g/mol. The van der Waals surface area contributed by atoms with Crippen LogP contribution in [-0.2, 0) is 19.8 Å². The Morgan fingerprint density at radius 1 is 0.653 bits per heavy atom. The first-order chi connectivity index (χ1) is 24.0. The van der Waals surface area contributed by atoms with Crippen LogP contribution in [0.1, 0.15) is 28.4 Å². The van der Waals surface area contributed by atoms with E-state index >= 15 is 0 Å². The van der Waals surface area contributed by atoms with Gasteiger partial charge in [0.2, 0.25) is 0 Å². The number of rotatable bonds is 9. The lowest BCUT2D eigenvalue weighted by atomic mass is 9.79. The molecule has 49 heavy (non-hydrogen) atoms. The van der Waals surface area contributed by atoms with Gasteiger partial charge < -0.3 is 28.8 Å². The predicted octanol–water partition coefficient (Wildman–Crippen LogP) is 8.18. The van der Waals surface area contributed by atoms with Gasteiger partial charge in [-0.1, -0.05) is 109 Å². The van der Waals surface area contributed by atoms with Crippen LogP contribution in [0.25, 0.3) is 32.3 Å². The molecule has 6 nitrogen and oxygen atoms in total. The summed E-state index contributed by atoms with van der Waals surface area (Å²) in [5, 5.41) is 19.1. The Morgan fingerprint density at radius 2 is 1.22 bits per heavy atom. The van der Waals surface area contributed by atoms with Crippen LogP contribution >= 0.6 is 0 Å². The lowest BCUT2D eigenvalue weighted by Crippen LogP contribution is -2.48. The van der Waals surface area contributed by atoms with Crippen molar-refractivity contribution in [3.05, 3.63) is 156 Å². The fraction of sp³-hybridized carbons (Fsp3) is 0.209. The zero-order chi connectivity index (χ0) is 33.2. The highest BCUT2D eigenvalue weighted by molar-refractivity contribution is 6.23. The Labute approximate surface area is 284 Å². The summed E-state index contributed by atoms with van der Waals surface area (Å²) < 4.78 is 31.6. The third-order valence-corrected chi connectivity index (χ3v) is 10.6. The standard InChI is InChI=1S/C43H36O6/c1-45-33-19-15-31(16-20-33)43(30-9-4-3-5-10-30,32-17-21-34(46-2)22-18-32)48-26-42-25-47-40(41(42)44)39(49-42)36-24-14-29-12-11-27-7-6-8-28-13-23-35(36)38(29)37(27)28/h3-24,39-41,44H,25-26H2,1-2H3. The Balaban J connectivity index is 1.13. The van der Waals surface area contributed by atoms with Crippen molar-refractivity contribution in [2.24, 2.45) is 0 Å². The Hall–Kier alpha value is -4.98. The molecule has 0 spiro atoms. The largest absolute Gasteiger partial charge is 0.497 e. The van der Waals surface area contributed by atoms with E-state index in [2.05, 4.69) is 66.7 Å². The molecule has 9 rings (SSSR count). The van der Waals surface area contributed by atoms with E-state index < -0.39 is 29.5 Å². The molecule has 0 aliphatic carbocycles. The molecular formula is C43H36O6. The number of methoxy groups -OCH3 is 2. The van der Waals surface area contributed by atoms with Crippen molar-refractivity contribution in [1.82, 2.24) is 0 Å². The predicted molar refractivity (Wildman–Crippen MR) is 191 cm³/mol. The van der Waals surface area contributed by atoms with Crippen molar-refractivity contribution in [2.75, 3.05) is 27.4 Å². The van der Waals surface area contributed by atoms with Crippen LogP contribution in [0, 0.1) is 0 Å². The van der Waals surface area contributed by atoms with Gasteiger partial charge in [-0.2, -0.15) is 0 Å². The summed E-state index contributed by atoms with van der Waals surface area (Å²) in [4.78, 5) is 0. The number of hydrogen-bond donors (Lipinski definition) is 1. The van der Waals surface area contributed by atoms with Crippen LogP contribution in [0.2, 0.25) is 0 Å². The SMILES string of the molecule is COc1ccc(C(OCC23COC(C(c4ccc5ccc6cccc7ccc4c5c67)O2)C3O)(c2ccccc2)c2ccc(OC)cc2)cc1. The molecule has 2 aliphatic rings. The van der Waals surface area contributed by atoms with E-state index in [0.717, 1.165) is 39.1 Å². The summed E-state index contributed by atoms with van der Waals surface area (Å²) in [6.07, 6.45) is -1.89. The van der Waals surface area contributed by atoms with Gasteiger partial charge in [0.1, 0.15) is 41.0 Å². The Morgan fingerprint density at radius 3 is 1.86 bits per heavy atom. The van der Waals surface area contributed by atoms with Gasteiger partial charge >= 0.3 is 0 Å². The third kappa shape index (κ3) is 4.56. The molecule has 0 radical (unpaired) electrons. The summed E-state index contributed by atoms with van der Waals surface area (Å²) in [5.74, 6) is 1.49. The molecule has 244 valence electrons. The van der Waals surface area contributed by atoms with Gasteiger partial charge in [-0.3, -0.25) is 0 Å². The quantitative estimate of drug-likeness (QED) is 0.126. The number of ether oxygens (including phenoxy) is 5. The van der Waals surface area contributed by atoms with Crippen molar-refractivity contribution in [2.45, 2.75) is 29.5 Å². The Bertz CT molecular complexity index is 2200. The first-order valence-electron chi connectivity index (χ1n) is 16.7. The van der Waals surface area contributed by atoms with E-state index in [1.54, 1.807) is 14.2 Å². The lowest BCUT2D eigenvalue weighted by molar-refractivity contribution is -0.184. The van der Waals surface area contributed by atoms with Crippen LogP contribution in [0.5, 0.6) is 11.5 Å². The highest BCUT2D eigenvalue weighted by atomic mass is 16.7. The maximum Gasteiger partial charge on any atom is 0.144 e. The topological polar surface area (TPSA) is 66.4 Å². The van der Waals surface area contributed by atoms with Gasteiger partial charge in [-0.25, -0.2) is 0 Å². The number of aliphatic hydroxyl groups is 1. The van der Waals surface area contributed by atoms with E-state index in [1.165, 1.54) is 26.9 Å². The molecule has 0 saturated carbocycles. The van der Waals surface area contributed by atoms with Crippen molar-refractivity contribution in [3.8, 4) is 11.5 Å². The minimum atomic E-state index is -1.09. The third-order valence-electron chi connectivity index (χ3n) is 10.6. The molecule has 2 fully saturated rings. The van der Waals surface area contributed by atoms with Gasteiger partial charge in [0.05, 0.1) is 27.4 Å². The smallest absolute Gasteiger partial charge is 0.144 e. The van der Waals surface area contributed by atoms with Crippen molar-refractivity contribution in [1.29, 1.82) is 0 Å². The molecule has 6 heteroatoms. The highest BCUT2D eigenvalue weighted by Crippen LogP contribution is 2.51. The fourth-order valence-corrected chi connectivity index (χ4v) is 8.10. The van der Waals surface area contributed by atoms with Gasteiger partial charge in [-0.15, -0.1) is 0 Å². The van der Waals surface area contributed by atoms with Crippen molar-refractivity contribution in [3.63, 3.8) is 0 Å². The zero-order valence-corrected chi connectivity index (χ0v) is 27.3. The van der Waals surface area contributed by atoms with E-state index in [4.69, 9.17) is 23.7 Å². The minimum Gasteiger partial charge on any atom is -0.497 e. The van der Waals surface area contributed by atoms with Crippen LogP contribution in [-0.4, -0.2) is 50.3 Å². The highest BCUT2D eigenvalue weighted by Gasteiger charge is 2.62. The molecule has 2 saturated heterocycles. The average Bonchev–Trinajstić information content (AvgIpc) is 3.63. The van der Waals surface area contributed by atoms with E-state index in [9.17, 15) is 5.11 Å². The van der Waals surface area contributed by atoms with Crippen molar-refractivity contribution >= 4 is 32.3 Å². The fourth-order valence-electron chi connectivity index (χ4n) is 8.10. The molecule has 7 aromatic rings. The molecule has 4 unspecified atom stereocenters. The van der Waals surface area contributed by atoms with Gasteiger partial charge in [-0.05, 0) is 78.8 Å². The lowest BCUT2D eigenvalue weighted by Gasteiger charge is -2.40. The van der Waals surface area contributed by atoms with E-state index in [-0.39, 0.29) is 13.2 Å². The first-order valence-corrected chi connectivity index (χ1v) is 16.7. The van der Waals surface area contributed by atoms with Gasteiger partial charge in [0.15, 0.2) is 0 Å². The number of benzene rings is 7. The zero-order valence-electron chi connectivity index (χ0n) is 27.3. The normalized spacial score (nSPS) is 22.0. The van der Waals surface area contributed by atoms with Crippen LogP contribution in [0.3, 0.4) is 0 Å². The number of hydrogen-bond acceptors (Lipinski definition) is 6. The Kier molecular flexibility index (Phi) is 7.11. The van der Waals surface area contributed by atoms with Crippen molar-refractivity contribution < 1.29 is 28.8 Å². The summed E-state index contributed by atoms with van der Waals surface area (Å²) in [6, 6.07) is 45.5. The summed E-state index contributed by atoms with van der Waals surface area (Å²) in [5.41, 5.74) is 1.63. The monoisotopic (exact) mass is 648 g/mol. The van der Waals surface area contributed by atoms with Gasteiger partial charge in [0.25, 0.3) is 0 Å². The molecule has 0 amide bonds. The molecule has 2 heterocycles. The number of aliphatic hydroxyl groups excluding tert-OH is 1. The van der Waals surface area contributed by atoms with E-state index in [1.807, 2.05) is 66.7 Å². The second-order valence-electron chi connectivity index (χ2n) is 13.1. The summed E-state index contributed by atoms with van der Waals surface area (Å²) in [7, 11) is 3.32. The second-order valence-corrected chi connectivity index (χ2v) is 13.1. The van der Waals surface area contributed by atoms with E-state index in [0.29, 0.717) is 0 Å². The van der Waals surface area contributed by atoms with Crippen LogP contribution in [0.4, 0.5) is 0 Å². The van der Waals surface area contributed by atoms with Gasteiger partial charge in [0, 0.05) is 0 Å². The molecule has 4 atom stereocenters. The van der Waals surface area contributed by atoms with Crippen LogP contribution < -0.4 is 9.47 Å². The molecular weight excluding hydrogens is 612 g/mol. The molecule has 7 aromatic carbocycles. The summed E-state index contributed by atoms with van der Waals surface area (Å²) in [6.45, 7) is 0.303. The molecule has 2 bridgehead atoms. The van der Waals surface area contributed by atoms with Crippen LogP contribution in [0.15, 0.2) is 133 Å². The maximum atomic E-state index is 11.9. The second kappa shape index (κ2) is 11.6. The molecule has 1 N–H and O–H groups in total. The molecule has 0 aromatic heterocycles. The summed E-state index contributed by atoms with van der Waals surface area (Å²) >= 11 is 0. The molecule has 2 aliphatic heterocycles. The maximum absolute atomic E-state index is 11.9. The first kappa shape index (κ1) is 30.1. The number of fused-ring (bicyclic) bond motifs is 2.